The van der Waals surface area contributed by atoms with Crippen LogP contribution in [0.25, 0.3) is 0 Å². The molecule has 94 valence electrons. The van der Waals surface area contributed by atoms with Crippen LogP contribution in [0, 0.1) is 5.92 Å². The van der Waals surface area contributed by atoms with E-state index in [2.05, 4.69) is 5.32 Å². The third-order valence-corrected chi connectivity index (χ3v) is 2.54. The van der Waals surface area contributed by atoms with E-state index >= 15 is 0 Å². The number of hydrogen-bond donors (Lipinski definition) is 2. The van der Waals surface area contributed by atoms with Gasteiger partial charge in [-0.1, -0.05) is 25.6 Å². The highest BCUT2D eigenvalue weighted by atomic mass is 32.1. The fourth-order valence-corrected chi connectivity index (χ4v) is 1.63. The highest BCUT2D eigenvalue weighted by molar-refractivity contribution is 7.80. The minimum atomic E-state index is -0.353. The van der Waals surface area contributed by atoms with Crippen LogP contribution >= 0.6 is 12.2 Å². The maximum absolute atomic E-state index is 11.7. The summed E-state index contributed by atoms with van der Waals surface area (Å²) in [5.74, 6) is -0.449. The lowest BCUT2D eigenvalue weighted by Crippen LogP contribution is -2.41. The van der Waals surface area contributed by atoms with Crippen molar-refractivity contribution in [3.63, 3.8) is 0 Å². The molecule has 0 heterocycles. The highest BCUT2D eigenvalue weighted by Crippen LogP contribution is 2.07. The number of carbonyl (C=O) groups excluding carboxylic acids is 1. The van der Waals surface area contributed by atoms with Crippen molar-refractivity contribution in [2.24, 2.45) is 11.7 Å². The molecule has 4 nitrogen and oxygen atoms in total. The van der Waals surface area contributed by atoms with Crippen LogP contribution in [0.3, 0.4) is 0 Å². The molecule has 5 heteroatoms. The molecule has 16 heavy (non-hydrogen) atoms. The zero-order valence-electron chi connectivity index (χ0n) is 10.3. The van der Waals surface area contributed by atoms with Gasteiger partial charge in [-0.2, -0.15) is 0 Å². The van der Waals surface area contributed by atoms with Crippen molar-refractivity contribution >= 4 is 23.1 Å². The standard InChI is InChI=1S/C11H22N2O2S/c1-4-6-9(10(12)16)11(14)13-7-8(3)15-5-2/h8-9H,4-7H2,1-3H3,(H2,12,16)(H,13,14). The van der Waals surface area contributed by atoms with Gasteiger partial charge < -0.3 is 15.8 Å². The van der Waals surface area contributed by atoms with E-state index in [1.807, 2.05) is 20.8 Å². The molecule has 0 aromatic heterocycles. The molecule has 0 aromatic carbocycles. The molecule has 0 aromatic rings. The van der Waals surface area contributed by atoms with Crippen LogP contribution in [0.1, 0.15) is 33.6 Å². The van der Waals surface area contributed by atoms with E-state index in [0.29, 0.717) is 19.6 Å². The summed E-state index contributed by atoms with van der Waals surface area (Å²) < 4.78 is 5.31. The van der Waals surface area contributed by atoms with E-state index in [1.165, 1.54) is 0 Å². The summed E-state index contributed by atoms with van der Waals surface area (Å²) in [6.07, 6.45) is 1.60. The molecule has 0 aliphatic heterocycles. The Labute approximate surface area is 103 Å². The van der Waals surface area contributed by atoms with Crippen LogP contribution in [0.4, 0.5) is 0 Å². The third kappa shape index (κ3) is 6.02. The number of amides is 1. The summed E-state index contributed by atoms with van der Waals surface area (Å²) in [6.45, 7) is 6.98. The van der Waals surface area contributed by atoms with Crippen LogP contribution in [0.2, 0.25) is 0 Å². The second-order valence-electron chi connectivity index (χ2n) is 3.75. The molecule has 0 spiro atoms. The minimum Gasteiger partial charge on any atom is -0.393 e. The average Bonchev–Trinajstić information content (AvgIpc) is 2.22. The van der Waals surface area contributed by atoms with Gasteiger partial charge in [0.2, 0.25) is 5.91 Å². The first-order chi connectivity index (χ1) is 7.52. The summed E-state index contributed by atoms with van der Waals surface area (Å²) in [5, 5.41) is 2.80. The molecule has 1 amide bonds. The van der Waals surface area contributed by atoms with Crippen molar-refractivity contribution in [2.45, 2.75) is 39.7 Å². The highest BCUT2D eigenvalue weighted by Gasteiger charge is 2.20. The molecular formula is C11H22N2O2S. The Morgan fingerprint density at radius 3 is 2.56 bits per heavy atom. The Kier molecular flexibility index (Phi) is 8.11. The fourth-order valence-electron chi connectivity index (χ4n) is 1.40. The van der Waals surface area contributed by atoms with Gasteiger partial charge in [-0.25, -0.2) is 0 Å². The summed E-state index contributed by atoms with van der Waals surface area (Å²) in [7, 11) is 0. The Balaban J connectivity index is 4.05. The predicted octanol–water partition coefficient (Wildman–Crippen LogP) is 1.23. The summed E-state index contributed by atoms with van der Waals surface area (Å²) in [4.78, 5) is 12.0. The van der Waals surface area contributed by atoms with E-state index < -0.39 is 0 Å². The topological polar surface area (TPSA) is 64.3 Å². The zero-order valence-corrected chi connectivity index (χ0v) is 11.1. The lowest BCUT2D eigenvalue weighted by Gasteiger charge is -2.17. The second-order valence-corrected chi connectivity index (χ2v) is 4.23. The van der Waals surface area contributed by atoms with E-state index in [1.54, 1.807) is 0 Å². The lowest BCUT2D eigenvalue weighted by molar-refractivity contribution is -0.123. The van der Waals surface area contributed by atoms with Gasteiger partial charge in [0.1, 0.15) is 0 Å². The Morgan fingerprint density at radius 2 is 2.12 bits per heavy atom. The van der Waals surface area contributed by atoms with Crippen LogP contribution in [0.5, 0.6) is 0 Å². The zero-order chi connectivity index (χ0) is 12.6. The van der Waals surface area contributed by atoms with Gasteiger partial charge in [0.25, 0.3) is 0 Å². The van der Waals surface area contributed by atoms with Crippen molar-refractivity contribution in [1.82, 2.24) is 5.32 Å². The number of ether oxygens (including phenoxy) is 1. The van der Waals surface area contributed by atoms with Crippen molar-refractivity contribution in [3.8, 4) is 0 Å². The van der Waals surface area contributed by atoms with Gasteiger partial charge >= 0.3 is 0 Å². The molecule has 2 atom stereocenters. The monoisotopic (exact) mass is 246 g/mol. The minimum absolute atomic E-state index is 0.0163. The van der Waals surface area contributed by atoms with E-state index in [-0.39, 0.29) is 22.9 Å². The van der Waals surface area contributed by atoms with Crippen molar-refractivity contribution < 1.29 is 9.53 Å². The van der Waals surface area contributed by atoms with Gasteiger partial charge in [-0.3, -0.25) is 4.79 Å². The summed E-state index contributed by atoms with van der Waals surface area (Å²) >= 11 is 4.88. The molecule has 0 saturated heterocycles. The van der Waals surface area contributed by atoms with Gasteiger partial charge in [-0.15, -0.1) is 0 Å². The third-order valence-electron chi connectivity index (χ3n) is 2.25. The van der Waals surface area contributed by atoms with Crippen molar-refractivity contribution in [1.29, 1.82) is 0 Å². The first-order valence-electron chi connectivity index (χ1n) is 5.71. The van der Waals surface area contributed by atoms with Crippen LogP contribution in [-0.2, 0) is 9.53 Å². The maximum atomic E-state index is 11.7. The SMILES string of the molecule is CCCC(C(=O)NCC(C)OCC)C(N)=S. The maximum Gasteiger partial charge on any atom is 0.230 e. The smallest absolute Gasteiger partial charge is 0.230 e. The van der Waals surface area contributed by atoms with E-state index in [9.17, 15) is 4.79 Å². The van der Waals surface area contributed by atoms with Gasteiger partial charge in [-0.05, 0) is 20.3 Å². The Bertz CT molecular complexity index is 234. The molecule has 0 aliphatic carbocycles. The van der Waals surface area contributed by atoms with Gasteiger partial charge in [0.05, 0.1) is 17.0 Å². The average molecular weight is 246 g/mol. The summed E-state index contributed by atoms with van der Waals surface area (Å²) in [5.41, 5.74) is 5.53. The molecule has 0 fully saturated rings. The van der Waals surface area contributed by atoms with Crippen LogP contribution in [0.15, 0.2) is 0 Å². The largest absolute Gasteiger partial charge is 0.393 e. The predicted molar refractivity (Wildman–Crippen MR) is 69.3 cm³/mol. The van der Waals surface area contributed by atoms with Crippen LogP contribution < -0.4 is 11.1 Å². The number of hydrogen-bond acceptors (Lipinski definition) is 3. The fraction of sp³-hybridized carbons (Fsp3) is 0.818. The summed E-state index contributed by atoms with van der Waals surface area (Å²) in [6, 6.07) is 0. The van der Waals surface area contributed by atoms with E-state index in [4.69, 9.17) is 22.7 Å². The first-order valence-corrected chi connectivity index (χ1v) is 6.12. The quantitative estimate of drug-likeness (QED) is 0.632. The van der Waals surface area contributed by atoms with Crippen LogP contribution in [-0.4, -0.2) is 30.2 Å². The Hall–Kier alpha value is -0.680. The molecule has 2 unspecified atom stereocenters. The van der Waals surface area contributed by atoms with Gasteiger partial charge in [0.15, 0.2) is 0 Å². The van der Waals surface area contributed by atoms with Crippen molar-refractivity contribution in [3.05, 3.63) is 0 Å². The number of thiocarbonyl (C=S) groups is 1. The van der Waals surface area contributed by atoms with E-state index in [0.717, 1.165) is 6.42 Å². The molecule has 3 N–H and O–H groups in total. The normalized spacial score (nSPS) is 14.2. The molecular weight excluding hydrogens is 224 g/mol. The molecule has 0 radical (unpaired) electrons. The molecule has 0 aliphatic rings. The number of rotatable bonds is 8. The number of nitrogens with one attached hydrogen (secondary N) is 1. The number of carbonyl (C=O) groups is 1. The number of nitrogens with two attached hydrogens (primary N) is 1. The Morgan fingerprint density at radius 1 is 1.50 bits per heavy atom. The first kappa shape index (κ1) is 15.3. The van der Waals surface area contributed by atoms with Gasteiger partial charge in [0, 0.05) is 13.2 Å². The molecule has 0 rings (SSSR count). The molecule has 0 saturated carbocycles. The lowest BCUT2D eigenvalue weighted by atomic mass is 10.0. The van der Waals surface area contributed by atoms with Crippen molar-refractivity contribution in [2.75, 3.05) is 13.2 Å². The second kappa shape index (κ2) is 8.47. The molecule has 0 bridgehead atoms.